The smallest absolute Gasteiger partial charge is 0.335 e. The quantitative estimate of drug-likeness (QED) is 0.574. The Kier molecular flexibility index (Phi) is 5.84. The van der Waals surface area contributed by atoms with Gasteiger partial charge in [0.05, 0.1) is 22.2 Å². The van der Waals surface area contributed by atoms with Crippen LogP contribution in [0.25, 0.3) is 16.3 Å². The number of allylic oxidation sites excluding steroid dienone is 2. The second kappa shape index (κ2) is 8.56. The van der Waals surface area contributed by atoms with Crippen molar-refractivity contribution in [2.45, 2.75) is 25.3 Å². The minimum absolute atomic E-state index is 0.175. The number of anilines is 1. The van der Waals surface area contributed by atoms with Crippen molar-refractivity contribution in [1.82, 2.24) is 0 Å². The van der Waals surface area contributed by atoms with Gasteiger partial charge in [-0.05, 0) is 55.8 Å². The highest BCUT2D eigenvalue weighted by atomic mass is 32.2. The van der Waals surface area contributed by atoms with Crippen LogP contribution in [0.5, 0.6) is 0 Å². The lowest BCUT2D eigenvalue weighted by Gasteiger charge is -2.17. The molecule has 0 bridgehead atoms. The Morgan fingerprint density at radius 3 is 2.61 bits per heavy atom. The van der Waals surface area contributed by atoms with Crippen molar-refractivity contribution >= 4 is 57.0 Å². The Morgan fingerprint density at radius 1 is 1.16 bits per heavy atom. The van der Waals surface area contributed by atoms with Gasteiger partial charge >= 0.3 is 5.97 Å². The van der Waals surface area contributed by atoms with Crippen LogP contribution in [0.15, 0.2) is 58.5 Å². The van der Waals surface area contributed by atoms with Crippen LogP contribution in [0.3, 0.4) is 0 Å². The van der Waals surface area contributed by atoms with Gasteiger partial charge in [0, 0.05) is 23.6 Å². The van der Waals surface area contributed by atoms with Crippen molar-refractivity contribution in [3.63, 3.8) is 0 Å². The molecular formula is C23H20N2O4S2. The van der Waals surface area contributed by atoms with Gasteiger partial charge in [0.25, 0.3) is 5.01 Å². The topological polar surface area (TPSA) is 84.6 Å². The summed E-state index contributed by atoms with van der Waals surface area (Å²) in [4.78, 5) is 25.5. The number of carbonyl (C=O) groups is 2. The van der Waals surface area contributed by atoms with Crippen LogP contribution in [0.1, 0.15) is 39.6 Å². The molecule has 1 aliphatic rings. The maximum absolute atomic E-state index is 11.3. The van der Waals surface area contributed by atoms with Gasteiger partial charge in [-0.2, -0.15) is 4.57 Å². The Labute approximate surface area is 187 Å². The molecule has 0 atom stereocenters. The highest BCUT2D eigenvalue weighted by molar-refractivity contribution is 8.03. The van der Waals surface area contributed by atoms with E-state index in [0.717, 1.165) is 43.9 Å². The van der Waals surface area contributed by atoms with Crippen molar-refractivity contribution < 1.29 is 24.4 Å². The monoisotopic (exact) mass is 452 g/mol. The van der Waals surface area contributed by atoms with Gasteiger partial charge in [0.15, 0.2) is 0 Å². The number of thiazole rings is 1. The second-order valence-corrected chi connectivity index (χ2v) is 8.98. The zero-order chi connectivity index (χ0) is 22.1. The Bertz CT molecular complexity index is 1260. The number of fused-ring (bicyclic) bond motifs is 2. The molecule has 1 aromatic heterocycles. The van der Waals surface area contributed by atoms with E-state index in [1.807, 2.05) is 30.4 Å². The van der Waals surface area contributed by atoms with Crippen LogP contribution in [0.2, 0.25) is 0 Å². The summed E-state index contributed by atoms with van der Waals surface area (Å²) in [6, 6.07) is 10.2. The molecule has 158 valence electrons. The fraction of sp³-hybridized carbons (Fsp3) is 0.174. The van der Waals surface area contributed by atoms with E-state index in [-0.39, 0.29) is 11.1 Å². The molecule has 2 heterocycles. The third kappa shape index (κ3) is 3.96. The number of aromatic nitrogens is 1. The minimum atomic E-state index is -1.18. The summed E-state index contributed by atoms with van der Waals surface area (Å²) in [6.07, 6.45) is 6.01. The van der Waals surface area contributed by atoms with E-state index in [0.29, 0.717) is 0 Å². The average Bonchev–Trinajstić information content (AvgIpc) is 3.29. The maximum Gasteiger partial charge on any atom is 0.335 e. The van der Waals surface area contributed by atoms with Gasteiger partial charge in [0.1, 0.15) is 11.2 Å². The van der Waals surface area contributed by atoms with Crippen molar-refractivity contribution in [2.24, 2.45) is 0 Å². The first-order valence-electron chi connectivity index (χ1n) is 9.81. The van der Waals surface area contributed by atoms with Crippen LogP contribution in [-0.2, 0) is 6.54 Å². The van der Waals surface area contributed by atoms with Crippen LogP contribution in [-0.4, -0.2) is 23.6 Å². The van der Waals surface area contributed by atoms with Gasteiger partial charge in [-0.15, -0.1) is 0 Å². The molecule has 0 radical (unpaired) electrons. The van der Waals surface area contributed by atoms with Crippen molar-refractivity contribution in [1.29, 1.82) is 0 Å². The minimum Gasteiger partial charge on any atom is -0.545 e. The number of benzene rings is 2. The average molecular weight is 453 g/mol. The Morgan fingerprint density at radius 2 is 1.94 bits per heavy atom. The van der Waals surface area contributed by atoms with E-state index >= 15 is 0 Å². The van der Waals surface area contributed by atoms with E-state index in [1.54, 1.807) is 36.0 Å². The molecule has 0 fully saturated rings. The summed E-state index contributed by atoms with van der Waals surface area (Å²) >= 11 is 3.08. The zero-order valence-corrected chi connectivity index (χ0v) is 18.6. The molecule has 0 saturated heterocycles. The molecule has 6 nitrogen and oxygen atoms in total. The number of carboxylic acids is 2. The first kappa shape index (κ1) is 21.1. The van der Waals surface area contributed by atoms with E-state index in [4.69, 9.17) is 0 Å². The highest BCUT2D eigenvalue weighted by Gasteiger charge is 2.24. The first-order chi connectivity index (χ1) is 14.9. The lowest BCUT2D eigenvalue weighted by Crippen LogP contribution is -2.33. The fourth-order valence-corrected chi connectivity index (χ4v) is 5.94. The van der Waals surface area contributed by atoms with E-state index in [2.05, 4.69) is 23.3 Å². The molecular weight excluding hydrogens is 432 g/mol. The summed E-state index contributed by atoms with van der Waals surface area (Å²) in [5.41, 5.74) is 2.46. The number of thioether (sulfide) groups is 1. The van der Waals surface area contributed by atoms with Crippen molar-refractivity contribution in [2.75, 3.05) is 11.4 Å². The molecule has 0 amide bonds. The zero-order valence-electron chi connectivity index (χ0n) is 17.0. The van der Waals surface area contributed by atoms with Gasteiger partial charge < -0.3 is 19.9 Å². The number of hydrogen-bond acceptors (Lipinski definition) is 6. The number of aryl methyl sites for hydroxylation is 1. The summed E-state index contributed by atoms with van der Waals surface area (Å²) in [6.45, 7) is 5.65. The Balaban J connectivity index is 1.64. The van der Waals surface area contributed by atoms with Gasteiger partial charge in [-0.1, -0.05) is 29.2 Å². The number of carbonyl (C=O) groups excluding carboxylic acids is 1. The summed E-state index contributed by atoms with van der Waals surface area (Å²) in [5.74, 6) is -2.11. The van der Waals surface area contributed by atoms with Gasteiger partial charge in [0.2, 0.25) is 5.52 Å². The predicted molar refractivity (Wildman–Crippen MR) is 121 cm³/mol. The standard InChI is InChI=1S/C23H20N2O4S2/c1-3-24-16-10-8-14(22(26)27)12-18(16)30-20(24)6-5-7-21-25(4-2)17-11-9-15(23(28)29)13-19(17)31-21/h5-13H,3-4H2,1-2H3,(H-,26,27,28,29). The molecule has 0 aliphatic carbocycles. The molecule has 4 rings (SSSR count). The van der Waals surface area contributed by atoms with Crippen LogP contribution in [0.4, 0.5) is 5.69 Å². The van der Waals surface area contributed by atoms with Crippen molar-refractivity contribution in [3.8, 4) is 0 Å². The molecule has 8 heteroatoms. The third-order valence-electron chi connectivity index (χ3n) is 5.06. The molecule has 3 aromatic rings. The molecule has 31 heavy (non-hydrogen) atoms. The second-order valence-electron chi connectivity index (χ2n) is 6.85. The maximum atomic E-state index is 11.3. The van der Waals surface area contributed by atoms with Crippen LogP contribution in [0, 0.1) is 0 Å². The van der Waals surface area contributed by atoms with E-state index in [9.17, 15) is 19.8 Å². The normalized spacial score (nSPS) is 14.6. The van der Waals surface area contributed by atoms with Crippen LogP contribution >= 0.6 is 23.1 Å². The largest absolute Gasteiger partial charge is 0.545 e. The highest BCUT2D eigenvalue weighted by Crippen LogP contribution is 2.46. The summed E-state index contributed by atoms with van der Waals surface area (Å²) in [5, 5.41) is 22.4. The molecule has 0 unspecified atom stereocenters. The van der Waals surface area contributed by atoms with E-state index in [1.165, 1.54) is 11.3 Å². The molecule has 1 N–H and O–H groups in total. The number of nitrogens with zero attached hydrogens (tertiary/aromatic N) is 2. The SMILES string of the molecule is CCN1C(=CC=Cc2sc3cc(C(=O)[O-])ccc3[n+]2CC)Sc2cc(C(=O)O)ccc21. The third-order valence-corrected chi connectivity index (χ3v) is 7.28. The van der Waals surface area contributed by atoms with Gasteiger partial charge in [-0.3, -0.25) is 0 Å². The number of hydrogen-bond donors (Lipinski definition) is 1. The molecule has 0 saturated carbocycles. The van der Waals surface area contributed by atoms with Crippen molar-refractivity contribution in [3.05, 3.63) is 69.7 Å². The number of carboxylic acid groups (broad SMARTS) is 2. The van der Waals surface area contributed by atoms with Gasteiger partial charge in [-0.25, -0.2) is 4.79 Å². The van der Waals surface area contributed by atoms with Crippen LogP contribution < -0.4 is 14.6 Å². The number of rotatable bonds is 6. The summed E-state index contributed by atoms with van der Waals surface area (Å²) < 4.78 is 3.04. The Hall–Kier alpha value is -3.10. The lowest BCUT2D eigenvalue weighted by molar-refractivity contribution is -0.665. The summed E-state index contributed by atoms with van der Waals surface area (Å²) in [7, 11) is 0. The predicted octanol–water partition coefficient (Wildman–Crippen LogP) is 3.76. The first-order valence-corrected chi connectivity index (χ1v) is 11.4. The molecule has 2 aromatic carbocycles. The molecule has 0 spiro atoms. The lowest BCUT2D eigenvalue weighted by atomic mass is 10.2. The molecule has 1 aliphatic heterocycles. The number of aromatic carboxylic acids is 2. The fourth-order valence-electron chi connectivity index (χ4n) is 3.58. The van der Waals surface area contributed by atoms with E-state index < -0.39 is 11.9 Å².